The molecular weight excluding hydrogens is 323 g/mol. The summed E-state index contributed by atoms with van der Waals surface area (Å²) in [6, 6.07) is 4.08. The number of amides is 1. The highest BCUT2D eigenvalue weighted by molar-refractivity contribution is 5.94. The first-order chi connectivity index (χ1) is 11.1. The fourth-order valence-electron chi connectivity index (χ4n) is 2.04. The lowest BCUT2D eigenvalue weighted by atomic mass is 10.1. The fourth-order valence-corrected chi connectivity index (χ4v) is 2.04. The minimum Gasteiger partial charge on any atom is -0.469 e. The number of alkyl halides is 3. The number of methoxy groups -OCH3 is 1. The molecule has 0 N–H and O–H groups in total. The van der Waals surface area contributed by atoms with Gasteiger partial charge in [0.15, 0.2) is 0 Å². The van der Waals surface area contributed by atoms with Gasteiger partial charge in [0.05, 0.1) is 19.1 Å². The molecule has 7 heteroatoms. The van der Waals surface area contributed by atoms with E-state index in [0.29, 0.717) is 12.5 Å². The lowest BCUT2D eigenvalue weighted by molar-refractivity contribution is -0.141. The van der Waals surface area contributed by atoms with Gasteiger partial charge in [0.1, 0.15) is 0 Å². The molecule has 0 radical (unpaired) electrons. The molecule has 0 fully saturated rings. The van der Waals surface area contributed by atoms with Gasteiger partial charge in [0, 0.05) is 18.7 Å². The second kappa shape index (κ2) is 8.70. The second-order valence-corrected chi connectivity index (χ2v) is 5.88. The van der Waals surface area contributed by atoms with Gasteiger partial charge in [0.25, 0.3) is 5.91 Å². The van der Waals surface area contributed by atoms with Gasteiger partial charge in [-0.15, -0.1) is 0 Å². The molecule has 1 rings (SSSR count). The molecule has 134 valence electrons. The van der Waals surface area contributed by atoms with Crippen LogP contribution in [0, 0.1) is 5.92 Å². The lowest BCUT2D eigenvalue weighted by Gasteiger charge is -2.23. The van der Waals surface area contributed by atoms with Gasteiger partial charge in [-0.1, -0.05) is 13.8 Å². The molecule has 0 saturated heterocycles. The molecule has 1 amide bonds. The lowest BCUT2D eigenvalue weighted by Crippen LogP contribution is -2.34. The number of carbonyl (C=O) groups excluding carboxylic acids is 2. The molecule has 4 nitrogen and oxygen atoms in total. The number of esters is 1. The minimum absolute atomic E-state index is 0.0426. The van der Waals surface area contributed by atoms with Crippen molar-refractivity contribution >= 4 is 11.9 Å². The van der Waals surface area contributed by atoms with E-state index in [-0.39, 0.29) is 18.5 Å². The highest BCUT2D eigenvalue weighted by Crippen LogP contribution is 2.29. The smallest absolute Gasteiger partial charge is 0.416 e. The minimum atomic E-state index is -4.44. The summed E-state index contributed by atoms with van der Waals surface area (Å²) >= 11 is 0. The molecule has 0 atom stereocenters. The molecule has 0 aliphatic heterocycles. The average Bonchev–Trinajstić information content (AvgIpc) is 2.53. The Morgan fingerprint density at radius 3 is 2.17 bits per heavy atom. The Morgan fingerprint density at radius 2 is 1.71 bits per heavy atom. The summed E-state index contributed by atoms with van der Waals surface area (Å²) in [6.07, 6.45) is -3.67. The number of carbonyl (C=O) groups is 2. The van der Waals surface area contributed by atoms with Crippen LogP contribution in [0.15, 0.2) is 24.3 Å². The topological polar surface area (TPSA) is 46.6 Å². The molecular formula is C17H22F3NO3. The van der Waals surface area contributed by atoms with Crippen molar-refractivity contribution in [1.29, 1.82) is 0 Å². The van der Waals surface area contributed by atoms with E-state index < -0.39 is 23.6 Å². The van der Waals surface area contributed by atoms with Crippen molar-refractivity contribution in [2.24, 2.45) is 5.92 Å². The van der Waals surface area contributed by atoms with Crippen LogP contribution in [-0.2, 0) is 15.7 Å². The summed E-state index contributed by atoms with van der Waals surface area (Å²) < 4.78 is 42.3. The summed E-state index contributed by atoms with van der Waals surface area (Å²) in [4.78, 5) is 25.3. The first-order valence-corrected chi connectivity index (χ1v) is 7.68. The highest BCUT2D eigenvalue weighted by atomic mass is 19.4. The standard InChI is InChI=1S/C17H22F3NO3/c1-12(2)8-10-21(11-9-15(22)24-3)16(23)13-4-6-14(7-5-13)17(18,19)20/h4-7,12H,8-11H2,1-3H3. The van der Waals surface area contributed by atoms with E-state index in [1.54, 1.807) is 0 Å². The number of hydrogen-bond acceptors (Lipinski definition) is 3. The number of nitrogens with zero attached hydrogens (tertiary/aromatic N) is 1. The number of halogens is 3. The van der Waals surface area contributed by atoms with Crippen LogP contribution in [0.1, 0.15) is 42.6 Å². The van der Waals surface area contributed by atoms with Crippen LogP contribution >= 0.6 is 0 Å². The van der Waals surface area contributed by atoms with Gasteiger partial charge in [-0.3, -0.25) is 9.59 Å². The van der Waals surface area contributed by atoms with Crippen molar-refractivity contribution in [3.8, 4) is 0 Å². The van der Waals surface area contributed by atoms with Crippen molar-refractivity contribution in [3.05, 3.63) is 35.4 Å². The van der Waals surface area contributed by atoms with E-state index >= 15 is 0 Å². The summed E-state index contributed by atoms with van der Waals surface area (Å²) in [6.45, 7) is 4.59. The Labute approximate surface area is 139 Å². The van der Waals surface area contributed by atoms with Gasteiger partial charge in [-0.25, -0.2) is 0 Å². The Balaban J connectivity index is 2.86. The Hall–Kier alpha value is -2.05. The highest BCUT2D eigenvalue weighted by Gasteiger charge is 2.30. The Morgan fingerprint density at radius 1 is 1.12 bits per heavy atom. The van der Waals surface area contributed by atoms with Gasteiger partial charge >= 0.3 is 12.1 Å². The van der Waals surface area contributed by atoms with Crippen molar-refractivity contribution < 1.29 is 27.5 Å². The second-order valence-electron chi connectivity index (χ2n) is 5.88. The van der Waals surface area contributed by atoms with E-state index in [0.717, 1.165) is 30.7 Å². The number of rotatable bonds is 7. The molecule has 0 aliphatic rings. The number of benzene rings is 1. The van der Waals surface area contributed by atoms with Crippen molar-refractivity contribution in [3.63, 3.8) is 0 Å². The molecule has 1 aromatic rings. The monoisotopic (exact) mass is 345 g/mol. The molecule has 0 heterocycles. The molecule has 0 bridgehead atoms. The molecule has 0 unspecified atom stereocenters. The van der Waals surface area contributed by atoms with Crippen LogP contribution in [0.25, 0.3) is 0 Å². The number of hydrogen-bond donors (Lipinski definition) is 0. The fraction of sp³-hybridized carbons (Fsp3) is 0.529. The van der Waals surface area contributed by atoms with Crippen LogP contribution < -0.4 is 0 Å². The van der Waals surface area contributed by atoms with Crippen LogP contribution in [0.5, 0.6) is 0 Å². The van der Waals surface area contributed by atoms with E-state index in [9.17, 15) is 22.8 Å². The van der Waals surface area contributed by atoms with Gasteiger partial charge in [0.2, 0.25) is 0 Å². The third-order valence-corrected chi connectivity index (χ3v) is 3.54. The SMILES string of the molecule is COC(=O)CCN(CCC(C)C)C(=O)c1ccc(C(F)(F)F)cc1. The van der Waals surface area contributed by atoms with Gasteiger partial charge in [-0.2, -0.15) is 13.2 Å². The largest absolute Gasteiger partial charge is 0.469 e. The molecule has 0 saturated carbocycles. The normalized spacial score (nSPS) is 11.5. The maximum Gasteiger partial charge on any atom is 0.416 e. The molecule has 1 aromatic carbocycles. The third kappa shape index (κ3) is 6.22. The molecule has 0 aromatic heterocycles. The first-order valence-electron chi connectivity index (χ1n) is 7.68. The summed E-state index contributed by atoms with van der Waals surface area (Å²) in [5, 5.41) is 0. The van der Waals surface area contributed by atoms with E-state index in [4.69, 9.17) is 0 Å². The molecule has 0 aliphatic carbocycles. The van der Waals surface area contributed by atoms with Crippen LogP contribution in [0.4, 0.5) is 13.2 Å². The van der Waals surface area contributed by atoms with Crippen molar-refractivity contribution in [1.82, 2.24) is 4.90 Å². The maximum atomic E-state index is 12.6. The van der Waals surface area contributed by atoms with E-state index in [1.807, 2.05) is 13.8 Å². The predicted molar refractivity (Wildman–Crippen MR) is 83.4 cm³/mol. The van der Waals surface area contributed by atoms with Gasteiger partial charge < -0.3 is 9.64 Å². The third-order valence-electron chi connectivity index (χ3n) is 3.54. The zero-order valence-electron chi connectivity index (χ0n) is 14.0. The van der Waals surface area contributed by atoms with Gasteiger partial charge in [-0.05, 0) is 36.6 Å². The summed E-state index contributed by atoms with van der Waals surface area (Å²) in [5.74, 6) is -0.482. The van der Waals surface area contributed by atoms with Crippen LogP contribution in [0.3, 0.4) is 0 Å². The zero-order chi connectivity index (χ0) is 18.3. The maximum absolute atomic E-state index is 12.6. The summed E-state index contributed by atoms with van der Waals surface area (Å²) in [5.41, 5.74) is -0.640. The molecule has 24 heavy (non-hydrogen) atoms. The summed E-state index contributed by atoms with van der Waals surface area (Å²) in [7, 11) is 1.26. The van der Waals surface area contributed by atoms with Crippen molar-refractivity contribution in [2.75, 3.05) is 20.2 Å². The average molecular weight is 345 g/mol. The quantitative estimate of drug-likeness (QED) is 0.707. The predicted octanol–water partition coefficient (Wildman–Crippen LogP) is 3.76. The Bertz CT molecular complexity index is 553. The van der Waals surface area contributed by atoms with Crippen LogP contribution in [-0.4, -0.2) is 37.0 Å². The zero-order valence-corrected chi connectivity index (χ0v) is 14.0. The van der Waals surface area contributed by atoms with Crippen LogP contribution in [0.2, 0.25) is 0 Å². The molecule has 0 spiro atoms. The number of ether oxygens (including phenoxy) is 1. The van der Waals surface area contributed by atoms with Crippen molar-refractivity contribution in [2.45, 2.75) is 32.9 Å². The van der Waals surface area contributed by atoms with E-state index in [2.05, 4.69) is 4.74 Å². The van der Waals surface area contributed by atoms with E-state index in [1.165, 1.54) is 12.0 Å². The Kier molecular flexibility index (Phi) is 7.25. The first kappa shape index (κ1) is 20.0.